The van der Waals surface area contributed by atoms with Crippen LogP contribution in [0.25, 0.3) is 11.3 Å². The summed E-state index contributed by atoms with van der Waals surface area (Å²) in [6, 6.07) is 14.7. The van der Waals surface area contributed by atoms with Gasteiger partial charge in [0.25, 0.3) is 5.91 Å². The van der Waals surface area contributed by atoms with E-state index in [-0.39, 0.29) is 5.91 Å². The van der Waals surface area contributed by atoms with Crippen LogP contribution in [0.4, 0.5) is 10.8 Å². The Balaban J connectivity index is 1.77. The molecule has 25 heavy (non-hydrogen) atoms. The first kappa shape index (κ1) is 17.0. The molecule has 0 aliphatic heterocycles. The summed E-state index contributed by atoms with van der Waals surface area (Å²) >= 11 is 1.57. The Kier molecular flexibility index (Phi) is 5.30. The number of methoxy groups -OCH3 is 1. The maximum Gasteiger partial charge on any atom is 0.255 e. The fourth-order valence-corrected chi connectivity index (χ4v) is 3.15. The minimum Gasteiger partial charge on any atom is -0.497 e. The highest BCUT2D eigenvalue weighted by molar-refractivity contribution is 7.14. The van der Waals surface area contributed by atoms with Gasteiger partial charge in [-0.25, -0.2) is 4.98 Å². The molecule has 1 aromatic heterocycles. The maximum atomic E-state index is 12.4. The number of nitrogens with zero attached hydrogens (tertiary/aromatic N) is 1. The molecule has 128 valence electrons. The summed E-state index contributed by atoms with van der Waals surface area (Å²) < 4.78 is 5.16. The van der Waals surface area contributed by atoms with Crippen molar-refractivity contribution in [2.45, 2.75) is 6.92 Å². The summed E-state index contributed by atoms with van der Waals surface area (Å²) in [6.45, 7) is 2.87. The first-order valence-corrected chi connectivity index (χ1v) is 8.83. The summed E-state index contributed by atoms with van der Waals surface area (Å²) in [6.07, 6.45) is 0. The number of rotatable bonds is 6. The zero-order chi connectivity index (χ0) is 17.6. The third kappa shape index (κ3) is 4.16. The molecule has 0 aliphatic rings. The van der Waals surface area contributed by atoms with Crippen LogP contribution in [-0.4, -0.2) is 24.5 Å². The monoisotopic (exact) mass is 353 g/mol. The Hall–Kier alpha value is -2.86. The van der Waals surface area contributed by atoms with Gasteiger partial charge in [-0.3, -0.25) is 4.79 Å². The van der Waals surface area contributed by atoms with Crippen LogP contribution in [0.5, 0.6) is 5.75 Å². The highest BCUT2D eigenvalue weighted by Gasteiger charge is 2.09. The summed E-state index contributed by atoms with van der Waals surface area (Å²) in [5.41, 5.74) is 3.12. The van der Waals surface area contributed by atoms with Crippen molar-refractivity contribution >= 4 is 28.1 Å². The minimum atomic E-state index is -0.178. The van der Waals surface area contributed by atoms with Crippen LogP contribution in [0.15, 0.2) is 53.9 Å². The van der Waals surface area contributed by atoms with Gasteiger partial charge in [0.1, 0.15) is 5.75 Å². The molecule has 0 fully saturated rings. The number of amides is 1. The SMILES string of the molecule is CCNc1nc(-c2cccc(NC(=O)c3cccc(OC)c3)c2)cs1. The minimum absolute atomic E-state index is 0.178. The number of benzene rings is 2. The fraction of sp³-hybridized carbons (Fsp3) is 0.158. The van der Waals surface area contributed by atoms with Gasteiger partial charge in [0.15, 0.2) is 5.13 Å². The highest BCUT2D eigenvalue weighted by Crippen LogP contribution is 2.27. The van der Waals surface area contributed by atoms with Gasteiger partial charge in [0.2, 0.25) is 0 Å². The number of nitrogens with one attached hydrogen (secondary N) is 2. The molecule has 3 rings (SSSR count). The second-order valence-corrected chi connectivity index (χ2v) is 6.19. The number of anilines is 2. The topological polar surface area (TPSA) is 63.2 Å². The molecule has 2 aromatic carbocycles. The lowest BCUT2D eigenvalue weighted by Gasteiger charge is -2.08. The number of carbonyl (C=O) groups is 1. The summed E-state index contributed by atoms with van der Waals surface area (Å²) in [5, 5.41) is 9.01. The quantitative estimate of drug-likeness (QED) is 0.685. The van der Waals surface area contributed by atoms with Crippen LogP contribution in [0, 0.1) is 0 Å². The zero-order valence-electron chi connectivity index (χ0n) is 14.1. The van der Waals surface area contributed by atoms with Crippen LogP contribution >= 0.6 is 11.3 Å². The van der Waals surface area contributed by atoms with Crippen LogP contribution in [-0.2, 0) is 0 Å². The lowest BCUT2D eigenvalue weighted by molar-refractivity contribution is 0.102. The first-order chi connectivity index (χ1) is 12.2. The lowest BCUT2D eigenvalue weighted by atomic mass is 10.1. The van der Waals surface area contributed by atoms with Gasteiger partial charge >= 0.3 is 0 Å². The predicted molar refractivity (Wildman–Crippen MR) is 103 cm³/mol. The van der Waals surface area contributed by atoms with Gasteiger partial charge in [0, 0.05) is 28.7 Å². The van der Waals surface area contributed by atoms with Crippen molar-refractivity contribution in [1.82, 2.24) is 4.98 Å². The molecular formula is C19H19N3O2S. The molecule has 3 aromatic rings. The van der Waals surface area contributed by atoms with Crippen molar-refractivity contribution in [1.29, 1.82) is 0 Å². The lowest BCUT2D eigenvalue weighted by Crippen LogP contribution is -2.11. The summed E-state index contributed by atoms with van der Waals surface area (Å²) in [4.78, 5) is 17.0. The number of hydrogen-bond acceptors (Lipinski definition) is 5. The van der Waals surface area contributed by atoms with E-state index < -0.39 is 0 Å². The van der Waals surface area contributed by atoms with Crippen molar-refractivity contribution in [3.05, 3.63) is 59.5 Å². The molecule has 0 saturated carbocycles. The summed E-state index contributed by atoms with van der Waals surface area (Å²) in [7, 11) is 1.58. The molecule has 0 bridgehead atoms. The molecule has 5 nitrogen and oxygen atoms in total. The van der Waals surface area contributed by atoms with Gasteiger partial charge in [-0.15, -0.1) is 11.3 Å². The van der Waals surface area contributed by atoms with E-state index in [2.05, 4.69) is 15.6 Å². The van der Waals surface area contributed by atoms with Gasteiger partial charge < -0.3 is 15.4 Å². The van der Waals surface area contributed by atoms with Gasteiger partial charge in [-0.05, 0) is 37.3 Å². The van der Waals surface area contributed by atoms with Crippen molar-refractivity contribution in [2.24, 2.45) is 0 Å². The van der Waals surface area contributed by atoms with E-state index in [0.29, 0.717) is 11.3 Å². The number of hydrogen-bond donors (Lipinski definition) is 2. The number of carbonyl (C=O) groups excluding carboxylic acids is 1. The van der Waals surface area contributed by atoms with E-state index in [1.165, 1.54) is 0 Å². The van der Waals surface area contributed by atoms with Crippen LogP contribution in [0.1, 0.15) is 17.3 Å². The third-order valence-corrected chi connectivity index (χ3v) is 4.38. The Morgan fingerprint density at radius 2 is 2.04 bits per heavy atom. The van der Waals surface area contributed by atoms with Gasteiger partial charge in [-0.2, -0.15) is 0 Å². The highest BCUT2D eigenvalue weighted by atomic mass is 32.1. The Morgan fingerprint density at radius 1 is 1.20 bits per heavy atom. The molecule has 0 spiro atoms. The molecule has 1 amide bonds. The van der Waals surface area contributed by atoms with Crippen molar-refractivity contribution in [3.63, 3.8) is 0 Å². The van der Waals surface area contributed by atoms with E-state index >= 15 is 0 Å². The maximum absolute atomic E-state index is 12.4. The molecule has 1 heterocycles. The second kappa shape index (κ2) is 7.81. The van der Waals surface area contributed by atoms with Gasteiger partial charge in [-0.1, -0.05) is 18.2 Å². The predicted octanol–water partition coefficient (Wildman–Crippen LogP) is 4.50. The molecular weight excluding hydrogens is 334 g/mol. The van der Waals surface area contributed by atoms with Crippen LogP contribution in [0.2, 0.25) is 0 Å². The van der Waals surface area contributed by atoms with E-state index in [0.717, 1.165) is 28.6 Å². The third-order valence-electron chi connectivity index (χ3n) is 3.58. The van der Waals surface area contributed by atoms with E-state index in [1.807, 2.05) is 42.6 Å². The van der Waals surface area contributed by atoms with Crippen molar-refractivity contribution in [3.8, 4) is 17.0 Å². The van der Waals surface area contributed by atoms with Crippen molar-refractivity contribution in [2.75, 3.05) is 24.3 Å². The smallest absolute Gasteiger partial charge is 0.255 e. The van der Waals surface area contributed by atoms with E-state index in [4.69, 9.17) is 4.74 Å². The van der Waals surface area contributed by atoms with Crippen molar-refractivity contribution < 1.29 is 9.53 Å². The average molecular weight is 353 g/mol. The number of thiazole rings is 1. The molecule has 0 unspecified atom stereocenters. The number of ether oxygens (including phenoxy) is 1. The second-order valence-electron chi connectivity index (χ2n) is 5.34. The largest absolute Gasteiger partial charge is 0.497 e. The Bertz CT molecular complexity index is 876. The average Bonchev–Trinajstić information content (AvgIpc) is 3.11. The Labute approximate surface area is 150 Å². The molecule has 0 saturated heterocycles. The van der Waals surface area contributed by atoms with Gasteiger partial charge in [0.05, 0.1) is 12.8 Å². The summed E-state index contributed by atoms with van der Waals surface area (Å²) in [5.74, 6) is 0.475. The first-order valence-electron chi connectivity index (χ1n) is 7.95. The van der Waals surface area contributed by atoms with E-state index in [9.17, 15) is 4.79 Å². The standard InChI is InChI=1S/C19H19N3O2S/c1-3-20-19-22-17(12-25-19)13-6-4-8-15(10-13)21-18(23)14-7-5-9-16(11-14)24-2/h4-12H,3H2,1-2H3,(H,20,22)(H,21,23). The molecule has 0 atom stereocenters. The van der Waals surface area contributed by atoms with Crippen LogP contribution < -0.4 is 15.4 Å². The van der Waals surface area contributed by atoms with Crippen LogP contribution in [0.3, 0.4) is 0 Å². The normalized spacial score (nSPS) is 10.3. The van der Waals surface area contributed by atoms with E-state index in [1.54, 1.807) is 36.6 Å². The molecule has 0 aliphatic carbocycles. The molecule has 0 radical (unpaired) electrons. The zero-order valence-corrected chi connectivity index (χ0v) is 14.9. The molecule has 2 N–H and O–H groups in total. The Morgan fingerprint density at radius 3 is 2.84 bits per heavy atom. The number of aromatic nitrogens is 1. The molecule has 6 heteroatoms. The fourth-order valence-electron chi connectivity index (χ4n) is 2.36.